The number of carboxylic acids is 1. The van der Waals surface area contributed by atoms with Crippen LogP contribution in [0.15, 0.2) is 0 Å². The number of morpholine rings is 1. The predicted molar refractivity (Wildman–Crippen MR) is 51.7 cm³/mol. The molecule has 2 fully saturated rings. The maximum Gasteiger partial charge on any atom is 0.471 e. The SMILES string of the molecule is O=C(O)C1C[C@@H]2OCCN(C(=O)C(F)(F)F)[C@@H]2C1. The van der Waals surface area contributed by atoms with E-state index >= 15 is 0 Å². The van der Waals surface area contributed by atoms with Gasteiger partial charge in [0, 0.05) is 6.54 Å². The van der Waals surface area contributed by atoms with Crippen LogP contribution < -0.4 is 0 Å². The number of fused-ring (bicyclic) bond motifs is 1. The molecular formula is C10H12F3NO4. The van der Waals surface area contributed by atoms with Crippen molar-refractivity contribution in [2.24, 2.45) is 5.92 Å². The smallest absolute Gasteiger partial charge is 0.471 e. The van der Waals surface area contributed by atoms with Crippen LogP contribution >= 0.6 is 0 Å². The molecule has 8 heteroatoms. The van der Waals surface area contributed by atoms with Crippen LogP contribution in [0.3, 0.4) is 0 Å². The molecule has 18 heavy (non-hydrogen) atoms. The van der Waals surface area contributed by atoms with Crippen molar-refractivity contribution in [3.63, 3.8) is 0 Å². The Bertz CT molecular complexity index is 371. The predicted octanol–water partition coefficient (Wildman–Crippen LogP) is 0.639. The van der Waals surface area contributed by atoms with Gasteiger partial charge in [0.2, 0.25) is 0 Å². The number of rotatable bonds is 1. The second-order valence-corrected chi connectivity index (χ2v) is 4.48. The number of nitrogens with zero attached hydrogens (tertiary/aromatic N) is 1. The third kappa shape index (κ3) is 2.29. The van der Waals surface area contributed by atoms with Crippen molar-refractivity contribution in [2.75, 3.05) is 13.2 Å². The number of alkyl halides is 3. The van der Waals surface area contributed by atoms with Gasteiger partial charge in [-0.25, -0.2) is 0 Å². The number of halogens is 3. The van der Waals surface area contributed by atoms with Gasteiger partial charge in [-0.3, -0.25) is 9.59 Å². The third-order valence-corrected chi connectivity index (χ3v) is 3.39. The van der Waals surface area contributed by atoms with Gasteiger partial charge in [0.1, 0.15) is 0 Å². The highest BCUT2D eigenvalue weighted by Gasteiger charge is 2.51. The van der Waals surface area contributed by atoms with Crippen molar-refractivity contribution >= 4 is 11.9 Å². The lowest BCUT2D eigenvalue weighted by atomic mass is 10.1. The molecule has 1 N–H and O–H groups in total. The number of amides is 1. The van der Waals surface area contributed by atoms with E-state index in [2.05, 4.69) is 0 Å². The lowest BCUT2D eigenvalue weighted by molar-refractivity contribution is -0.195. The van der Waals surface area contributed by atoms with Crippen molar-refractivity contribution in [1.29, 1.82) is 0 Å². The van der Waals surface area contributed by atoms with E-state index in [1.54, 1.807) is 0 Å². The molecule has 102 valence electrons. The first-order chi connectivity index (χ1) is 8.30. The van der Waals surface area contributed by atoms with E-state index in [-0.39, 0.29) is 26.0 Å². The molecule has 0 bridgehead atoms. The number of carbonyl (C=O) groups is 2. The molecule has 1 unspecified atom stereocenters. The fraction of sp³-hybridized carbons (Fsp3) is 0.800. The molecule has 0 spiro atoms. The average molecular weight is 267 g/mol. The first kappa shape index (κ1) is 13.1. The van der Waals surface area contributed by atoms with Crippen LogP contribution in [0.25, 0.3) is 0 Å². The second-order valence-electron chi connectivity index (χ2n) is 4.48. The molecule has 0 aromatic rings. The van der Waals surface area contributed by atoms with Crippen molar-refractivity contribution in [2.45, 2.75) is 31.2 Å². The number of aliphatic carboxylic acids is 1. The second kappa shape index (κ2) is 4.42. The molecule has 1 saturated heterocycles. The summed E-state index contributed by atoms with van der Waals surface area (Å²) in [7, 11) is 0. The molecule has 1 aliphatic heterocycles. The quantitative estimate of drug-likeness (QED) is 0.757. The Balaban J connectivity index is 2.14. The molecular weight excluding hydrogens is 255 g/mol. The van der Waals surface area contributed by atoms with E-state index in [0.29, 0.717) is 4.90 Å². The zero-order chi connectivity index (χ0) is 13.5. The van der Waals surface area contributed by atoms with Crippen LogP contribution in [0.5, 0.6) is 0 Å². The molecule has 1 heterocycles. The van der Waals surface area contributed by atoms with Gasteiger partial charge in [-0.05, 0) is 12.8 Å². The molecule has 5 nitrogen and oxygen atoms in total. The normalized spacial score (nSPS) is 32.2. The van der Waals surface area contributed by atoms with E-state index in [4.69, 9.17) is 9.84 Å². The molecule has 1 aliphatic carbocycles. The van der Waals surface area contributed by atoms with Crippen molar-refractivity contribution in [1.82, 2.24) is 4.90 Å². The van der Waals surface area contributed by atoms with Gasteiger partial charge in [-0.2, -0.15) is 13.2 Å². The highest BCUT2D eigenvalue weighted by molar-refractivity contribution is 5.82. The fourth-order valence-electron chi connectivity index (χ4n) is 2.57. The molecule has 1 saturated carbocycles. The maximum absolute atomic E-state index is 12.4. The molecule has 0 radical (unpaired) electrons. The van der Waals surface area contributed by atoms with Gasteiger partial charge in [-0.1, -0.05) is 0 Å². The Morgan fingerprint density at radius 1 is 1.28 bits per heavy atom. The number of ether oxygens (including phenoxy) is 1. The zero-order valence-electron chi connectivity index (χ0n) is 9.31. The maximum atomic E-state index is 12.4. The van der Waals surface area contributed by atoms with Gasteiger partial charge < -0.3 is 14.7 Å². The van der Waals surface area contributed by atoms with E-state index in [1.807, 2.05) is 0 Å². The summed E-state index contributed by atoms with van der Waals surface area (Å²) in [6, 6.07) is -0.783. The summed E-state index contributed by atoms with van der Waals surface area (Å²) in [6.45, 7) is -0.138. The van der Waals surface area contributed by atoms with Gasteiger partial charge in [0.15, 0.2) is 0 Å². The van der Waals surface area contributed by atoms with E-state index in [0.717, 1.165) is 0 Å². The third-order valence-electron chi connectivity index (χ3n) is 3.39. The number of hydrogen-bond donors (Lipinski definition) is 1. The average Bonchev–Trinajstić information content (AvgIpc) is 2.70. The van der Waals surface area contributed by atoms with Crippen LogP contribution in [-0.2, 0) is 14.3 Å². The number of carboxylic acid groups (broad SMARTS) is 1. The van der Waals surface area contributed by atoms with Crippen LogP contribution in [0.4, 0.5) is 13.2 Å². The van der Waals surface area contributed by atoms with Crippen molar-refractivity contribution < 1.29 is 32.6 Å². The molecule has 2 aliphatic rings. The number of hydrogen-bond acceptors (Lipinski definition) is 3. The molecule has 0 aromatic heterocycles. The lowest BCUT2D eigenvalue weighted by Crippen LogP contribution is -2.55. The molecule has 0 aromatic carbocycles. The monoisotopic (exact) mass is 267 g/mol. The first-order valence-corrected chi connectivity index (χ1v) is 5.53. The standard InChI is InChI=1S/C10H12F3NO4/c11-10(12,13)9(17)14-1-2-18-7-4-5(8(15)16)3-6(7)14/h5-7H,1-4H2,(H,15,16)/t5?,6-,7+/m1/s1. The van der Waals surface area contributed by atoms with E-state index in [9.17, 15) is 22.8 Å². The van der Waals surface area contributed by atoms with E-state index in [1.165, 1.54) is 0 Å². The summed E-state index contributed by atoms with van der Waals surface area (Å²) < 4.78 is 42.4. The Morgan fingerprint density at radius 2 is 1.94 bits per heavy atom. The van der Waals surface area contributed by atoms with E-state index < -0.39 is 36.1 Å². The van der Waals surface area contributed by atoms with Gasteiger partial charge in [0.25, 0.3) is 0 Å². The highest BCUT2D eigenvalue weighted by atomic mass is 19.4. The molecule has 3 atom stereocenters. The van der Waals surface area contributed by atoms with Crippen molar-refractivity contribution in [3.05, 3.63) is 0 Å². The summed E-state index contributed by atoms with van der Waals surface area (Å²) in [6.07, 6.45) is -5.36. The summed E-state index contributed by atoms with van der Waals surface area (Å²) >= 11 is 0. The minimum absolute atomic E-state index is 0.00925. The number of carbonyl (C=O) groups excluding carboxylic acids is 1. The fourth-order valence-corrected chi connectivity index (χ4v) is 2.57. The minimum atomic E-state index is -4.93. The molecule has 2 rings (SSSR count). The highest BCUT2D eigenvalue weighted by Crippen LogP contribution is 2.36. The summed E-state index contributed by atoms with van der Waals surface area (Å²) in [5.74, 6) is -3.72. The Labute approximate surface area is 100 Å². The Kier molecular flexibility index (Phi) is 3.22. The van der Waals surface area contributed by atoms with Gasteiger partial charge in [-0.15, -0.1) is 0 Å². The van der Waals surface area contributed by atoms with Crippen LogP contribution in [-0.4, -0.2) is 53.4 Å². The van der Waals surface area contributed by atoms with Crippen LogP contribution in [0.2, 0.25) is 0 Å². The summed E-state index contributed by atoms with van der Waals surface area (Å²) in [4.78, 5) is 22.8. The van der Waals surface area contributed by atoms with Gasteiger partial charge >= 0.3 is 18.1 Å². The first-order valence-electron chi connectivity index (χ1n) is 5.53. The Morgan fingerprint density at radius 3 is 2.50 bits per heavy atom. The lowest BCUT2D eigenvalue weighted by Gasteiger charge is -2.37. The van der Waals surface area contributed by atoms with Crippen molar-refractivity contribution in [3.8, 4) is 0 Å². The largest absolute Gasteiger partial charge is 0.481 e. The zero-order valence-corrected chi connectivity index (χ0v) is 9.31. The summed E-state index contributed by atoms with van der Waals surface area (Å²) in [5, 5.41) is 8.86. The summed E-state index contributed by atoms with van der Waals surface area (Å²) in [5.41, 5.74) is 0. The van der Waals surface area contributed by atoms with Crippen LogP contribution in [0.1, 0.15) is 12.8 Å². The molecule has 1 amide bonds. The van der Waals surface area contributed by atoms with Gasteiger partial charge in [0.05, 0.1) is 24.7 Å². The minimum Gasteiger partial charge on any atom is -0.481 e. The topological polar surface area (TPSA) is 66.8 Å². The Hall–Kier alpha value is -1.31. The van der Waals surface area contributed by atoms with Crippen LogP contribution in [0, 0.1) is 5.92 Å².